The van der Waals surface area contributed by atoms with Gasteiger partial charge in [0.05, 0.1) is 10.4 Å². The number of amides is 1. The van der Waals surface area contributed by atoms with Gasteiger partial charge in [-0.3, -0.25) is 9.78 Å². The third kappa shape index (κ3) is 2.29. The fraction of sp³-hybridized carbons (Fsp3) is 0.167. The van der Waals surface area contributed by atoms with Crippen molar-refractivity contribution in [3.05, 3.63) is 35.4 Å². The summed E-state index contributed by atoms with van der Waals surface area (Å²) >= 11 is 1.35. The van der Waals surface area contributed by atoms with Crippen LogP contribution in [0.15, 0.2) is 30.5 Å². The van der Waals surface area contributed by atoms with Crippen molar-refractivity contribution in [3.63, 3.8) is 0 Å². The molecule has 2 rings (SSSR count). The summed E-state index contributed by atoms with van der Waals surface area (Å²) in [7, 11) is 0. The number of anilines is 1. The summed E-state index contributed by atoms with van der Waals surface area (Å²) in [4.78, 5) is 16.6. The second kappa shape index (κ2) is 4.55. The quantitative estimate of drug-likeness (QED) is 0.817. The normalized spacial score (nSPS) is 10.4. The SMILES string of the molecule is C=C(C)CNC(=O)c1sc2cccnc2c1N. The van der Waals surface area contributed by atoms with E-state index in [0.29, 0.717) is 22.6 Å². The molecule has 0 aliphatic rings. The van der Waals surface area contributed by atoms with E-state index in [4.69, 9.17) is 5.73 Å². The van der Waals surface area contributed by atoms with Gasteiger partial charge in [0.1, 0.15) is 10.4 Å². The maximum Gasteiger partial charge on any atom is 0.263 e. The second-order valence-electron chi connectivity index (χ2n) is 3.83. The molecule has 2 heterocycles. The highest BCUT2D eigenvalue weighted by molar-refractivity contribution is 7.21. The molecule has 2 aromatic heterocycles. The Hall–Kier alpha value is -1.88. The molecule has 5 heteroatoms. The Balaban J connectivity index is 2.32. The number of nitrogens with two attached hydrogens (primary N) is 1. The molecule has 0 aromatic carbocycles. The molecular weight excluding hydrogens is 234 g/mol. The lowest BCUT2D eigenvalue weighted by molar-refractivity contribution is 0.0962. The predicted octanol–water partition coefficient (Wildman–Crippen LogP) is 2.18. The average Bonchev–Trinajstić information content (AvgIpc) is 2.64. The highest BCUT2D eigenvalue weighted by Crippen LogP contribution is 2.31. The van der Waals surface area contributed by atoms with Gasteiger partial charge in [-0.2, -0.15) is 0 Å². The number of nitrogen functional groups attached to an aromatic ring is 1. The van der Waals surface area contributed by atoms with Crippen molar-refractivity contribution in [1.82, 2.24) is 10.3 Å². The van der Waals surface area contributed by atoms with E-state index in [9.17, 15) is 4.79 Å². The Morgan fingerprint density at radius 1 is 1.65 bits per heavy atom. The van der Waals surface area contributed by atoms with E-state index in [1.165, 1.54) is 11.3 Å². The van der Waals surface area contributed by atoms with Crippen LogP contribution in [0.3, 0.4) is 0 Å². The highest BCUT2D eigenvalue weighted by Gasteiger charge is 2.16. The number of carbonyl (C=O) groups excluding carboxylic acids is 1. The number of hydrogen-bond donors (Lipinski definition) is 2. The molecule has 88 valence electrons. The zero-order valence-corrected chi connectivity index (χ0v) is 10.3. The molecule has 1 amide bonds. The van der Waals surface area contributed by atoms with Crippen LogP contribution in [0.4, 0.5) is 5.69 Å². The fourth-order valence-electron chi connectivity index (χ4n) is 1.43. The number of thiophene rings is 1. The largest absolute Gasteiger partial charge is 0.396 e. The molecule has 0 fully saturated rings. The Kier molecular flexibility index (Phi) is 3.10. The van der Waals surface area contributed by atoms with Crippen molar-refractivity contribution >= 4 is 33.1 Å². The highest BCUT2D eigenvalue weighted by atomic mass is 32.1. The molecule has 0 atom stereocenters. The van der Waals surface area contributed by atoms with Crippen molar-refractivity contribution < 1.29 is 4.79 Å². The molecule has 17 heavy (non-hydrogen) atoms. The Labute approximate surface area is 103 Å². The van der Waals surface area contributed by atoms with Crippen molar-refractivity contribution in [1.29, 1.82) is 0 Å². The van der Waals surface area contributed by atoms with Gasteiger partial charge in [-0.15, -0.1) is 11.3 Å². The summed E-state index contributed by atoms with van der Waals surface area (Å²) in [6, 6.07) is 3.73. The first-order valence-electron chi connectivity index (χ1n) is 5.15. The van der Waals surface area contributed by atoms with Crippen LogP contribution in [0, 0.1) is 0 Å². The standard InChI is InChI=1S/C12H13N3OS/c1-7(2)6-15-12(16)11-9(13)10-8(17-11)4-3-5-14-10/h3-5H,1,6,13H2,2H3,(H,15,16). The maximum absolute atomic E-state index is 11.9. The molecule has 0 radical (unpaired) electrons. The number of hydrogen-bond acceptors (Lipinski definition) is 4. The van der Waals surface area contributed by atoms with Crippen LogP contribution in [0.2, 0.25) is 0 Å². The molecule has 3 N–H and O–H groups in total. The minimum Gasteiger partial charge on any atom is -0.396 e. The predicted molar refractivity (Wildman–Crippen MR) is 71.2 cm³/mol. The van der Waals surface area contributed by atoms with Crippen molar-refractivity contribution in [2.45, 2.75) is 6.92 Å². The number of nitrogens with zero attached hydrogens (tertiary/aromatic N) is 1. The van der Waals surface area contributed by atoms with Gasteiger partial charge in [-0.25, -0.2) is 0 Å². The van der Waals surface area contributed by atoms with E-state index in [-0.39, 0.29) is 5.91 Å². The molecular formula is C12H13N3OS. The molecule has 0 saturated carbocycles. The third-order valence-corrected chi connectivity index (χ3v) is 3.40. The van der Waals surface area contributed by atoms with Crippen LogP contribution >= 0.6 is 11.3 Å². The van der Waals surface area contributed by atoms with Crippen molar-refractivity contribution in [3.8, 4) is 0 Å². The molecule has 0 saturated heterocycles. The van der Waals surface area contributed by atoms with Gasteiger partial charge >= 0.3 is 0 Å². The van der Waals surface area contributed by atoms with Crippen LogP contribution in [0.1, 0.15) is 16.6 Å². The van der Waals surface area contributed by atoms with Crippen molar-refractivity contribution in [2.75, 3.05) is 12.3 Å². The zero-order chi connectivity index (χ0) is 12.4. The van der Waals surface area contributed by atoms with Gasteiger partial charge < -0.3 is 11.1 Å². The van der Waals surface area contributed by atoms with Crippen LogP contribution < -0.4 is 11.1 Å². The summed E-state index contributed by atoms with van der Waals surface area (Å²) in [5.74, 6) is -0.173. The van der Waals surface area contributed by atoms with Gasteiger partial charge in [0, 0.05) is 12.7 Å². The maximum atomic E-state index is 11.9. The molecule has 0 spiro atoms. The molecule has 2 aromatic rings. The zero-order valence-electron chi connectivity index (χ0n) is 9.49. The molecule has 4 nitrogen and oxygen atoms in total. The van der Waals surface area contributed by atoms with E-state index in [1.807, 2.05) is 19.1 Å². The molecule has 0 bridgehead atoms. The monoisotopic (exact) mass is 247 g/mol. The number of carbonyl (C=O) groups is 1. The van der Waals surface area contributed by atoms with Gasteiger partial charge in [-0.1, -0.05) is 12.2 Å². The van der Waals surface area contributed by atoms with Crippen LogP contribution in [-0.4, -0.2) is 17.4 Å². The van der Waals surface area contributed by atoms with E-state index < -0.39 is 0 Å². The third-order valence-electron chi connectivity index (χ3n) is 2.24. The first-order valence-corrected chi connectivity index (χ1v) is 5.97. The summed E-state index contributed by atoms with van der Waals surface area (Å²) in [5.41, 5.74) is 7.95. The molecule has 0 aliphatic carbocycles. The van der Waals surface area contributed by atoms with Gasteiger partial charge in [0.15, 0.2) is 0 Å². The van der Waals surface area contributed by atoms with E-state index >= 15 is 0 Å². The summed E-state index contributed by atoms with van der Waals surface area (Å²) < 4.78 is 0.922. The van der Waals surface area contributed by atoms with Crippen LogP contribution in [-0.2, 0) is 0 Å². The number of aromatic nitrogens is 1. The van der Waals surface area contributed by atoms with E-state index in [2.05, 4.69) is 16.9 Å². The molecule has 0 aliphatic heterocycles. The first kappa shape index (κ1) is 11.6. The second-order valence-corrected chi connectivity index (χ2v) is 4.89. The molecule has 0 unspecified atom stereocenters. The van der Waals surface area contributed by atoms with Crippen LogP contribution in [0.5, 0.6) is 0 Å². The summed E-state index contributed by atoms with van der Waals surface area (Å²) in [6.45, 7) is 6.05. The van der Waals surface area contributed by atoms with Gasteiger partial charge in [0.2, 0.25) is 0 Å². The first-order chi connectivity index (χ1) is 8.09. The smallest absolute Gasteiger partial charge is 0.263 e. The minimum atomic E-state index is -0.173. The number of pyridine rings is 1. The lowest BCUT2D eigenvalue weighted by Crippen LogP contribution is -2.24. The van der Waals surface area contributed by atoms with Gasteiger partial charge in [0.25, 0.3) is 5.91 Å². The lowest BCUT2D eigenvalue weighted by Gasteiger charge is -2.02. The fourth-order valence-corrected chi connectivity index (χ4v) is 2.43. The van der Waals surface area contributed by atoms with Crippen molar-refractivity contribution in [2.24, 2.45) is 0 Å². The van der Waals surface area contributed by atoms with E-state index in [1.54, 1.807) is 6.20 Å². The Morgan fingerprint density at radius 3 is 3.06 bits per heavy atom. The Bertz CT molecular complexity index is 588. The number of rotatable bonds is 3. The summed E-state index contributed by atoms with van der Waals surface area (Å²) in [6.07, 6.45) is 1.67. The van der Waals surface area contributed by atoms with Crippen LogP contribution in [0.25, 0.3) is 10.2 Å². The van der Waals surface area contributed by atoms with E-state index in [0.717, 1.165) is 10.3 Å². The van der Waals surface area contributed by atoms with Gasteiger partial charge in [-0.05, 0) is 19.1 Å². The Morgan fingerprint density at radius 2 is 2.41 bits per heavy atom. The number of fused-ring (bicyclic) bond motifs is 1. The number of nitrogens with one attached hydrogen (secondary N) is 1. The topological polar surface area (TPSA) is 68.0 Å². The lowest BCUT2D eigenvalue weighted by atomic mass is 10.3. The summed E-state index contributed by atoms with van der Waals surface area (Å²) in [5, 5.41) is 2.76. The average molecular weight is 247 g/mol. The minimum absolute atomic E-state index is 0.173.